The average molecular weight is 137 g/mol. The number of methoxy groups -OCH3 is 1. The van der Waals surface area contributed by atoms with Crippen LogP contribution < -0.4 is 0 Å². The van der Waals surface area contributed by atoms with E-state index >= 15 is 0 Å². The maximum absolute atomic E-state index is 5.79. The zero-order chi connectivity index (χ0) is 6.57. The minimum absolute atomic E-state index is 0.167. The quantitative estimate of drug-likeness (QED) is 0.539. The van der Waals surface area contributed by atoms with E-state index in [9.17, 15) is 0 Å². The largest absolute Gasteiger partial charge is 0.383 e. The SMILES string of the molecule is COCC(Cl)C(C)C. The second-order valence-electron chi connectivity index (χ2n) is 2.22. The molecule has 0 aromatic rings. The molecule has 0 radical (unpaired) electrons. The molecule has 0 aromatic carbocycles. The van der Waals surface area contributed by atoms with Crippen molar-refractivity contribution in [3.63, 3.8) is 0 Å². The summed E-state index contributed by atoms with van der Waals surface area (Å²) in [5.41, 5.74) is 0. The van der Waals surface area contributed by atoms with Crippen LogP contribution >= 0.6 is 11.6 Å². The lowest BCUT2D eigenvalue weighted by Gasteiger charge is -2.10. The lowest BCUT2D eigenvalue weighted by molar-refractivity contribution is 0.186. The number of rotatable bonds is 3. The fourth-order valence-electron chi connectivity index (χ4n) is 0.352. The molecule has 0 saturated carbocycles. The standard InChI is InChI=1S/C6H13ClO/c1-5(2)6(7)4-8-3/h5-6H,4H2,1-3H3. The Hall–Kier alpha value is 0.250. The summed E-state index contributed by atoms with van der Waals surface area (Å²) in [4.78, 5) is 0. The molecule has 50 valence electrons. The van der Waals surface area contributed by atoms with Gasteiger partial charge in [0.15, 0.2) is 0 Å². The first-order valence-electron chi connectivity index (χ1n) is 2.81. The molecule has 0 amide bonds. The fourth-order valence-corrected chi connectivity index (χ4v) is 0.478. The number of hydrogen-bond acceptors (Lipinski definition) is 1. The van der Waals surface area contributed by atoms with Gasteiger partial charge in [-0.1, -0.05) is 13.8 Å². The molecule has 0 rings (SSSR count). The first-order chi connectivity index (χ1) is 3.68. The van der Waals surface area contributed by atoms with E-state index in [0.717, 1.165) is 0 Å². The van der Waals surface area contributed by atoms with Gasteiger partial charge in [-0.15, -0.1) is 11.6 Å². The van der Waals surface area contributed by atoms with Crippen molar-refractivity contribution < 1.29 is 4.74 Å². The molecule has 0 fully saturated rings. The fraction of sp³-hybridized carbons (Fsp3) is 1.00. The van der Waals surface area contributed by atoms with E-state index in [2.05, 4.69) is 13.8 Å². The van der Waals surface area contributed by atoms with Crippen molar-refractivity contribution in [3.8, 4) is 0 Å². The molecule has 1 unspecified atom stereocenters. The van der Waals surface area contributed by atoms with Gasteiger partial charge >= 0.3 is 0 Å². The van der Waals surface area contributed by atoms with Crippen LogP contribution in [0.3, 0.4) is 0 Å². The first kappa shape index (κ1) is 8.25. The van der Waals surface area contributed by atoms with Crippen molar-refractivity contribution in [2.24, 2.45) is 5.92 Å². The summed E-state index contributed by atoms with van der Waals surface area (Å²) in [5, 5.41) is 0.167. The van der Waals surface area contributed by atoms with Crippen LogP contribution in [0.25, 0.3) is 0 Å². The molecule has 0 N–H and O–H groups in total. The van der Waals surface area contributed by atoms with Crippen LogP contribution in [0.15, 0.2) is 0 Å². The molecule has 1 atom stereocenters. The van der Waals surface area contributed by atoms with Crippen molar-refractivity contribution in [2.75, 3.05) is 13.7 Å². The highest BCUT2D eigenvalue weighted by Gasteiger charge is 2.07. The van der Waals surface area contributed by atoms with Gasteiger partial charge < -0.3 is 4.74 Å². The van der Waals surface area contributed by atoms with Gasteiger partial charge in [0.1, 0.15) is 0 Å². The maximum Gasteiger partial charge on any atom is 0.0628 e. The molecular weight excluding hydrogens is 124 g/mol. The predicted molar refractivity (Wildman–Crippen MR) is 36.4 cm³/mol. The Bertz CT molecular complexity index is 54.5. The summed E-state index contributed by atoms with van der Waals surface area (Å²) in [6.07, 6.45) is 0. The Labute approximate surface area is 56.0 Å². The smallest absolute Gasteiger partial charge is 0.0628 e. The highest BCUT2D eigenvalue weighted by Crippen LogP contribution is 2.08. The molecule has 0 aromatic heterocycles. The van der Waals surface area contributed by atoms with E-state index in [1.54, 1.807) is 7.11 Å². The molecule has 0 aliphatic heterocycles. The molecule has 0 aliphatic rings. The van der Waals surface area contributed by atoms with E-state index in [0.29, 0.717) is 12.5 Å². The van der Waals surface area contributed by atoms with Gasteiger partial charge in [-0.3, -0.25) is 0 Å². The van der Waals surface area contributed by atoms with Gasteiger partial charge in [0.05, 0.1) is 12.0 Å². The second-order valence-corrected chi connectivity index (χ2v) is 2.78. The third-order valence-corrected chi connectivity index (χ3v) is 1.68. The molecule has 1 nitrogen and oxygen atoms in total. The van der Waals surface area contributed by atoms with Gasteiger partial charge in [-0.05, 0) is 5.92 Å². The summed E-state index contributed by atoms with van der Waals surface area (Å²) in [6, 6.07) is 0. The summed E-state index contributed by atoms with van der Waals surface area (Å²) < 4.78 is 4.83. The van der Waals surface area contributed by atoms with Crippen LogP contribution in [-0.4, -0.2) is 19.1 Å². The zero-order valence-corrected chi connectivity index (χ0v) is 6.40. The average Bonchev–Trinajstić information content (AvgIpc) is 1.67. The highest BCUT2D eigenvalue weighted by atomic mass is 35.5. The van der Waals surface area contributed by atoms with Crippen LogP contribution in [0.1, 0.15) is 13.8 Å². The lowest BCUT2D eigenvalue weighted by atomic mass is 10.1. The maximum atomic E-state index is 5.79. The van der Waals surface area contributed by atoms with E-state index in [1.165, 1.54) is 0 Å². The van der Waals surface area contributed by atoms with Gasteiger partial charge in [0.2, 0.25) is 0 Å². The molecule has 0 saturated heterocycles. The van der Waals surface area contributed by atoms with Gasteiger partial charge in [0, 0.05) is 7.11 Å². The second kappa shape index (κ2) is 4.16. The lowest BCUT2D eigenvalue weighted by Crippen LogP contribution is -2.13. The third kappa shape index (κ3) is 3.28. The Morgan fingerprint density at radius 3 is 2.12 bits per heavy atom. The molecule has 0 spiro atoms. The summed E-state index contributed by atoms with van der Waals surface area (Å²) in [5.74, 6) is 0.511. The Kier molecular flexibility index (Phi) is 4.29. The Morgan fingerprint density at radius 1 is 1.50 bits per heavy atom. The van der Waals surface area contributed by atoms with Crippen molar-refractivity contribution in [3.05, 3.63) is 0 Å². The molecule has 8 heavy (non-hydrogen) atoms. The molecule has 0 heterocycles. The normalized spacial score (nSPS) is 14.6. The van der Waals surface area contributed by atoms with Crippen molar-refractivity contribution in [1.29, 1.82) is 0 Å². The predicted octanol–water partition coefficient (Wildman–Crippen LogP) is 1.90. The monoisotopic (exact) mass is 136 g/mol. The van der Waals surface area contributed by atoms with E-state index in [1.807, 2.05) is 0 Å². The van der Waals surface area contributed by atoms with E-state index < -0.39 is 0 Å². The molecule has 0 aliphatic carbocycles. The number of ether oxygens (including phenoxy) is 1. The van der Waals surface area contributed by atoms with Crippen LogP contribution in [0.5, 0.6) is 0 Å². The van der Waals surface area contributed by atoms with Gasteiger partial charge in [-0.2, -0.15) is 0 Å². The summed E-state index contributed by atoms with van der Waals surface area (Å²) in [6.45, 7) is 4.81. The van der Waals surface area contributed by atoms with E-state index in [4.69, 9.17) is 16.3 Å². The highest BCUT2D eigenvalue weighted by molar-refractivity contribution is 6.20. The van der Waals surface area contributed by atoms with Crippen LogP contribution in [0.2, 0.25) is 0 Å². The minimum atomic E-state index is 0.167. The zero-order valence-electron chi connectivity index (χ0n) is 5.65. The number of halogens is 1. The van der Waals surface area contributed by atoms with Crippen molar-refractivity contribution in [1.82, 2.24) is 0 Å². The Balaban J connectivity index is 3.17. The molecule has 2 heteroatoms. The molecular formula is C6H13ClO. The number of hydrogen-bond donors (Lipinski definition) is 0. The Morgan fingerprint density at radius 2 is 2.00 bits per heavy atom. The third-order valence-electron chi connectivity index (χ3n) is 1.05. The number of alkyl halides is 1. The topological polar surface area (TPSA) is 9.23 Å². The van der Waals surface area contributed by atoms with Crippen molar-refractivity contribution >= 4 is 11.6 Å². The van der Waals surface area contributed by atoms with Crippen LogP contribution in [0.4, 0.5) is 0 Å². The van der Waals surface area contributed by atoms with Gasteiger partial charge in [-0.25, -0.2) is 0 Å². The summed E-state index contributed by atoms with van der Waals surface area (Å²) >= 11 is 5.79. The molecule has 0 bridgehead atoms. The van der Waals surface area contributed by atoms with Crippen LogP contribution in [0, 0.1) is 5.92 Å². The minimum Gasteiger partial charge on any atom is -0.383 e. The van der Waals surface area contributed by atoms with E-state index in [-0.39, 0.29) is 5.38 Å². The summed E-state index contributed by atoms with van der Waals surface area (Å²) in [7, 11) is 1.66. The van der Waals surface area contributed by atoms with Crippen molar-refractivity contribution in [2.45, 2.75) is 19.2 Å². The first-order valence-corrected chi connectivity index (χ1v) is 3.25. The van der Waals surface area contributed by atoms with Crippen LogP contribution in [-0.2, 0) is 4.74 Å². The van der Waals surface area contributed by atoms with Gasteiger partial charge in [0.25, 0.3) is 0 Å².